The number of benzene rings is 2. The number of nitrogens with zero attached hydrogens (tertiary/aromatic N) is 3. The van der Waals surface area contributed by atoms with Gasteiger partial charge in [-0.15, -0.1) is 11.8 Å². The molecule has 2 heterocycles. The van der Waals surface area contributed by atoms with Crippen LogP contribution in [0.25, 0.3) is 10.2 Å². The molecule has 0 unspecified atom stereocenters. The summed E-state index contributed by atoms with van der Waals surface area (Å²) in [6, 6.07) is 11.6. The molecule has 9 heteroatoms. The number of hydrogen-bond donors (Lipinski definition) is 0. The summed E-state index contributed by atoms with van der Waals surface area (Å²) in [4.78, 5) is 23.4. The van der Waals surface area contributed by atoms with Crippen LogP contribution in [0.15, 0.2) is 41.3 Å². The highest BCUT2D eigenvalue weighted by Crippen LogP contribution is 2.34. The quantitative estimate of drug-likeness (QED) is 0.376. The van der Waals surface area contributed by atoms with Gasteiger partial charge in [0.1, 0.15) is 5.75 Å². The van der Waals surface area contributed by atoms with E-state index >= 15 is 0 Å². The van der Waals surface area contributed by atoms with Crippen molar-refractivity contribution in [3.8, 4) is 5.75 Å². The second-order valence-corrected chi connectivity index (χ2v) is 10.3. The van der Waals surface area contributed by atoms with E-state index in [0.29, 0.717) is 17.3 Å². The van der Waals surface area contributed by atoms with Crippen molar-refractivity contribution in [3.63, 3.8) is 0 Å². The summed E-state index contributed by atoms with van der Waals surface area (Å²) in [5.74, 6) is 1.21. The summed E-state index contributed by atoms with van der Waals surface area (Å²) < 4.78 is 11.7. The number of amides is 1. The zero-order chi connectivity index (χ0) is 23.2. The van der Waals surface area contributed by atoms with Crippen LogP contribution < -0.4 is 9.64 Å². The number of morpholine rings is 1. The second-order valence-electron chi connectivity index (χ2n) is 7.83. The summed E-state index contributed by atoms with van der Waals surface area (Å²) in [5, 5.41) is 1.43. The Morgan fingerprint density at radius 1 is 1.24 bits per heavy atom. The van der Waals surface area contributed by atoms with Crippen LogP contribution in [0.1, 0.15) is 12.0 Å². The fraction of sp³-hybridized carbons (Fsp3) is 0.417. The first-order chi connectivity index (χ1) is 16.0. The minimum absolute atomic E-state index is 0.0561. The number of aromatic nitrogens is 1. The Kier molecular flexibility index (Phi) is 8.49. The number of fused-ring (bicyclic) bond motifs is 1. The van der Waals surface area contributed by atoms with Crippen molar-refractivity contribution in [1.29, 1.82) is 0 Å². The molecule has 176 valence electrons. The van der Waals surface area contributed by atoms with Gasteiger partial charge in [0.2, 0.25) is 5.91 Å². The summed E-state index contributed by atoms with van der Waals surface area (Å²) in [5.41, 5.74) is 1.82. The van der Waals surface area contributed by atoms with E-state index in [1.165, 1.54) is 11.8 Å². The molecule has 1 aliphatic heterocycles. The highest BCUT2D eigenvalue weighted by molar-refractivity contribution is 8.00. The van der Waals surface area contributed by atoms with Crippen LogP contribution in [0.2, 0.25) is 5.02 Å². The Morgan fingerprint density at radius 2 is 2.00 bits per heavy atom. The number of rotatable bonds is 9. The topological polar surface area (TPSA) is 54.9 Å². The maximum absolute atomic E-state index is 13.3. The lowest BCUT2D eigenvalue weighted by atomic mass is 10.2. The molecule has 0 saturated carbocycles. The van der Waals surface area contributed by atoms with Crippen LogP contribution in [0.3, 0.4) is 0 Å². The molecule has 33 heavy (non-hydrogen) atoms. The lowest BCUT2D eigenvalue weighted by molar-refractivity contribution is -0.116. The van der Waals surface area contributed by atoms with Gasteiger partial charge in [-0.05, 0) is 55.3 Å². The van der Waals surface area contributed by atoms with E-state index in [9.17, 15) is 4.79 Å². The van der Waals surface area contributed by atoms with E-state index < -0.39 is 0 Å². The molecule has 1 saturated heterocycles. The number of thioether (sulfide) groups is 1. The third-order valence-corrected chi connectivity index (χ3v) is 8.10. The molecule has 1 aromatic heterocycles. The van der Waals surface area contributed by atoms with Gasteiger partial charge in [-0.3, -0.25) is 14.6 Å². The van der Waals surface area contributed by atoms with Crippen molar-refractivity contribution in [2.75, 3.05) is 57.2 Å². The predicted octanol–water partition coefficient (Wildman–Crippen LogP) is 5.11. The standard InChI is InChI=1S/C24H28ClN3O3S2/c1-17-20(25)8-9-21-23(17)26-24(33-21)28(11-3-10-27-12-14-31-15-13-27)22(29)16-32-19-6-4-18(30-2)5-7-19/h4-9H,3,10-16H2,1-2H3. The lowest BCUT2D eigenvalue weighted by Crippen LogP contribution is -2.39. The molecule has 0 bridgehead atoms. The molecule has 2 aromatic carbocycles. The van der Waals surface area contributed by atoms with Gasteiger partial charge in [0.15, 0.2) is 5.13 Å². The van der Waals surface area contributed by atoms with Gasteiger partial charge >= 0.3 is 0 Å². The summed E-state index contributed by atoms with van der Waals surface area (Å²) in [7, 11) is 1.65. The molecule has 0 atom stereocenters. The molecule has 3 aromatic rings. The van der Waals surface area contributed by atoms with Gasteiger partial charge in [0.05, 0.1) is 36.3 Å². The Morgan fingerprint density at radius 3 is 2.73 bits per heavy atom. The second kappa shape index (κ2) is 11.5. The van der Waals surface area contributed by atoms with Gasteiger partial charge in [0.25, 0.3) is 0 Å². The minimum Gasteiger partial charge on any atom is -0.497 e. The number of anilines is 1. The normalized spacial score (nSPS) is 14.5. The number of carbonyl (C=O) groups is 1. The smallest absolute Gasteiger partial charge is 0.239 e. The number of ether oxygens (including phenoxy) is 2. The zero-order valence-corrected chi connectivity index (χ0v) is 21.3. The third-order valence-electron chi connectivity index (χ3n) is 5.65. The average molecular weight is 506 g/mol. The number of methoxy groups -OCH3 is 1. The van der Waals surface area contributed by atoms with Gasteiger partial charge < -0.3 is 9.47 Å². The van der Waals surface area contributed by atoms with Crippen molar-refractivity contribution in [2.45, 2.75) is 18.2 Å². The molecule has 1 aliphatic rings. The molecular formula is C24H28ClN3O3S2. The van der Waals surface area contributed by atoms with Crippen molar-refractivity contribution in [2.24, 2.45) is 0 Å². The minimum atomic E-state index is 0.0561. The monoisotopic (exact) mass is 505 g/mol. The van der Waals surface area contributed by atoms with E-state index in [4.69, 9.17) is 26.1 Å². The lowest BCUT2D eigenvalue weighted by Gasteiger charge is -2.27. The van der Waals surface area contributed by atoms with E-state index in [-0.39, 0.29) is 5.91 Å². The van der Waals surface area contributed by atoms with Crippen molar-refractivity contribution < 1.29 is 14.3 Å². The van der Waals surface area contributed by atoms with Crippen LogP contribution in [0.5, 0.6) is 5.75 Å². The third kappa shape index (κ3) is 6.19. The number of thiazole rings is 1. The van der Waals surface area contributed by atoms with Crippen molar-refractivity contribution in [1.82, 2.24) is 9.88 Å². The Labute approximate surface area is 207 Å². The molecule has 4 rings (SSSR count). The van der Waals surface area contributed by atoms with Crippen LogP contribution in [0, 0.1) is 6.92 Å². The maximum atomic E-state index is 13.3. The summed E-state index contributed by atoms with van der Waals surface area (Å²) >= 11 is 9.38. The summed E-state index contributed by atoms with van der Waals surface area (Å²) in [6.07, 6.45) is 0.884. The van der Waals surface area contributed by atoms with Crippen LogP contribution >= 0.6 is 34.7 Å². The number of halogens is 1. The van der Waals surface area contributed by atoms with Gasteiger partial charge in [-0.1, -0.05) is 22.9 Å². The SMILES string of the molecule is COc1ccc(SCC(=O)N(CCCN2CCOCC2)c2nc3c(C)c(Cl)ccc3s2)cc1. The van der Waals surface area contributed by atoms with Gasteiger partial charge in [-0.2, -0.15) is 0 Å². The Hall–Kier alpha value is -1.84. The molecule has 0 spiro atoms. The Bertz CT molecular complexity index is 1080. The first-order valence-corrected chi connectivity index (χ1v) is 13.2. The molecule has 6 nitrogen and oxygen atoms in total. The van der Waals surface area contributed by atoms with E-state index in [1.54, 1.807) is 18.4 Å². The molecule has 0 radical (unpaired) electrons. The van der Waals surface area contributed by atoms with Crippen molar-refractivity contribution in [3.05, 3.63) is 47.0 Å². The molecular weight excluding hydrogens is 478 g/mol. The first kappa shape index (κ1) is 24.3. The van der Waals surface area contributed by atoms with E-state index in [0.717, 1.165) is 70.8 Å². The highest BCUT2D eigenvalue weighted by atomic mass is 35.5. The Balaban J connectivity index is 1.48. The number of carbonyl (C=O) groups excluding carboxylic acids is 1. The van der Waals surface area contributed by atoms with E-state index in [2.05, 4.69) is 4.90 Å². The highest BCUT2D eigenvalue weighted by Gasteiger charge is 2.21. The van der Waals surface area contributed by atoms with Gasteiger partial charge in [0, 0.05) is 36.1 Å². The largest absolute Gasteiger partial charge is 0.497 e. The molecule has 1 fully saturated rings. The molecule has 0 N–H and O–H groups in total. The van der Waals surface area contributed by atoms with Gasteiger partial charge in [-0.25, -0.2) is 4.98 Å². The van der Waals surface area contributed by atoms with Crippen LogP contribution in [0.4, 0.5) is 5.13 Å². The predicted molar refractivity (Wildman–Crippen MR) is 137 cm³/mol. The van der Waals surface area contributed by atoms with Crippen LogP contribution in [-0.2, 0) is 9.53 Å². The fourth-order valence-corrected chi connectivity index (χ4v) is 5.70. The zero-order valence-electron chi connectivity index (χ0n) is 18.9. The average Bonchev–Trinajstić information content (AvgIpc) is 3.28. The maximum Gasteiger partial charge on any atom is 0.239 e. The number of hydrogen-bond acceptors (Lipinski definition) is 7. The first-order valence-electron chi connectivity index (χ1n) is 11.0. The fourth-order valence-electron chi connectivity index (χ4n) is 3.70. The van der Waals surface area contributed by atoms with E-state index in [1.807, 2.05) is 48.2 Å². The van der Waals surface area contributed by atoms with Crippen LogP contribution in [-0.4, -0.2) is 68.0 Å². The number of aryl methyl sites for hydroxylation is 1. The molecule has 1 amide bonds. The van der Waals surface area contributed by atoms with Crippen molar-refractivity contribution >= 4 is 56.0 Å². The summed E-state index contributed by atoms with van der Waals surface area (Å²) in [6.45, 7) is 6.98. The molecule has 0 aliphatic carbocycles.